The van der Waals surface area contributed by atoms with Gasteiger partial charge in [-0.05, 0) is 49.7 Å². The van der Waals surface area contributed by atoms with Gasteiger partial charge in [0.1, 0.15) is 18.1 Å². The third-order valence-electron chi connectivity index (χ3n) is 6.56. The largest absolute Gasteiger partial charge is 0.496 e. The molecule has 0 amide bonds. The Kier molecular flexibility index (Phi) is 3.90. The number of hydrogen-bond donors (Lipinski definition) is 0. The van der Waals surface area contributed by atoms with E-state index < -0.39 is 6.89 Å². The highest BCUT2D eigenvalue weighted by Crippen LogP contribution is 2.86. The van der Waals surface area contributed by atoms with Crippen molar-refractivity contribution in [2.45, 2.75) is 65.0 Å². The van der Waals surface area contributed by atoms with Crippen LogP contribution in [0.5, 0.6) is 11.5 Å². The second kappa shape index (κ2) is 5.56. The standard InChI is InChI=1S/C22H32NO3P/c1-14(2)15-12-25-19(23-15)21(6,7)22-13-27(22,20(3,4)5)18-16(24-8)10-9-11-17(18)26-22/h9-11,13-15H,12H2,1-8H3/t15-,22?,27?/m0/s1. The van der Waals surface area contributed by atoms with Crippen molar-refractivity contribution in [3.8, 4) is 11.5 Å². The number of hydrogen-bond acceptors (Lipinski definition) is 4. The van der Waals surface area contributed by atoms with E-state index in [9.17, 15) is 0 Å². The molecule has 0 N–H and O–H groups in total. The summed E-state index contributed by atoms with van der Waals surface area (Å²) in [5.41, 5.74) is -0.332. The lowest BCUT2D eigenvalue weighted by molar-refractivity contribution is 0.141. The van der Waals surface area contributed by atoms with E-state index in [4.69, 9.17) is 19.2 Å². The first kappa shape index (κ1) is 18.9. The molecule has 3 aliphatic heterocycles. The Morgan fingerprint density at radius 2 is 1.93 bits per heavy atom. The van der Waals surface area contributed by atoms with Crippen LogP contribution in [-0.4, -0.2) is 42.0 Å². The number of nitrogens with zero attached hydrogens (tertiary/aromatic N) is 1. The molecule has 5 heteroatoms. The molecule has 0 saturated carbocycles. The molecule has 1 aromatic rings. The van der Waals surface area contributed by atoms with Gasteiger partial charge in [0.15, 0.2) is 11.2 Å². The molecule has 3 atom stereocenters. The van der Waals surface area contributed by atoms with Crippen LogP contribution in [0, 0.1) is 11.3 Å². The fraction of sp³-hybridized carbons (Fsp3) is 0.636. The Labute approximate surface area is 163 Å². The van der Waals surface area contributed by atoms with E-state index in [0.717, 1.165) is 17.4 Å². The monoisotopic (exact) mass is 389 g/mol. The summed E-state index contributed by atoms with van der Waals surface area (Å²) in [6, 6.07) is 6.39. The van der Waals surface area contributed by atoms with Gasteiger partial charge in [0.2, 0.25) is 0 Å². The van der Waals surface area contributed by atoms with Gasteiger partial charge in [0.25, 0.3) is 0 Å². The molecule has 0 bridgehead atoms. The van der Waals surface area contributed by atoms with E-state index in [1.807, 2.05) is 6.07 Å². The van der Waals surface area contributed by atoms with Gasteiger partial charge in [-0.3, -0.25) is 0 Å². The number of ether oxygens (including phenoxy) is 3. The van der Waals surface area contributed by atoms with Crippen LogP contribution in [0.15, 0.2) is 23.2 Å². The van der Waals surface area contributed by atoms with Crippen LogP contribution in [0.1, 0.15) is 48.5 Å². The van der Waals surface area contributed by atoms with Crippen molar-refractivity contribution in [2.24, 2.45) is 16.3 Å². The molecule has 0 aromatic heterocycles. The summed E-state index contributed by atoms with van der Waals surface area (Å²) in [7, 11) is 1.75. The first-order chi connectivity index (χ1) is 12.5. The predicted molar refractivity (Wildman–Crippen MR) is 115 cm³/mol. The number of aliphatic imine (C=N–C) groups is 1. The minimum atomic E-state index is -1.76. The molecule has 148 valence electrons. The fourth-order valence-electron chi connectivity index (χ4n) is 4.81. The Bertz CT molecular complexity index is 878. The smallest absolute Gasteiger partial charge is 0.194 e. The molecular weight excluding hydrogens is 357 g/mol. The minimum absolute atomic E-state index is 0.0702. The number of methoxy groups -OCH3 is 1. The summed E-state index contributed by atoms with van der Waals surface area (Å²) >= 11 is 0. The fourth-order valence-corrected chi connectivity index (χ4v) is 10.7. The van der Waals surface area contributed by atoms with Gasteiger partial charge >= 0.3 is 0 Å². The maximum atomic E-state index is 6.77. The molecule has 4 nitrogen and oxygen atoms in total. The highest BCUT2D eigenvalue weighted by atomic mass is 31.2. The van der Waals surface area contributed by atoms with Crippen molar-refractivity contribution in [3.05, 3.63) is 18.2 Å². The van der Waals surface area contributed by atoms with Crippen molar-refractivity contribution in [3.63, 3.8) is 0 Å². The topological polar surface area (TPSA) is 40.0 Å². The molecule has 0 fully saturated rings. The Morgan fingerprint density at radius 3 is 2.48 bits per heavy atom. The minimum Gasteiger partial charge on any atom is -0.496 e. The molecular formula is C22H32NO3P. The van der Waals surface area contributed by atoms with Crippen molar-refractivity contribution in [1.29, 1.82) is 0 Å². The summed E-state index contributed by atoms with van der Waals surface area (Å²) in [4.78, 5) is 4.98. The second-order valence-electron chi connectivity index (χ2n) is 9.81. The van der Waals surface area contributed by atoms with Gasteiger partial charge in [0.05, 0.1) is 23.9 Å². The van der Waals surface area contributed by atoms with Gasteiger partial charge in [-0.25, -0.2) is 4.99 Å². The number of rotatable bonds is 4. The molecule has 0 aliphatic carbocycles. The van der Waals surface area contributed by atoms with Crippen LogP contribution in [0.25, 0.3) is 0 Å². The van der Waals surface area contributed by atoms with Crippen LogP contribution in [-0.2, 0) is 4.74 Å². The van der Waals surface area contributed by atoms with Crippen molar-refractivity contribution in [1.82, 2.24) is 0 Å². The Hall–Kier alpha value is -1.41. The lowest BCUT2D eigenvalue weighted by Gasteiger charge is -2.39. The first-order valence-electron chi connectivity index (χ1n) is 9.85. The average molecular weight is 389 g/mol. The molecule has 1 aromatic carbocycles. The summed E-state index contributed by atoms with van der Waals surface area (Å²) in [5, 5.41) is 0.966. The number of benzene rings is 1. The van der Waals surface area contributed by atoms with Crippen LogP contribution in [0.3, 0.4) is 0 Å². The van der Waals surface area contributed by atoms with E-state index in [-0.39, 0.29) is 22.0 Å². The quantitative estimate of drug-likeness (QED) is 0.711. The maximum absolute atomic E-state index is 6.77. The highest BCUT2D eigenvalue weighted by molar-refractivity contribution is 7.94. The highest BCUT2D eigenvalue weighted by Gasteiger charge is 2.76. The van der Waals surface area contributed by atoms with Crippen LogP contribution >= 0.6 is 6.89 Å². The second-order valence-corrected chi connectivity index (χ2v) is 14.0. The van der Waals surface area contributed by atoms with Gasteiger partial charge < -0.3 is 14.2 Å². The molecule has 4 rings (SSSR count). The molecule has 3 aliphatic rings. The van der Waals surface area contributed by atoms with Crippen molar-refractivity contribution >= 4 is 23.9 Å². The summed E-state index contributed by atoms with van der Waals surface area (Å²) < 4.78 is 18.7. The zero-order chi connectivity index (χ0) is 19.8. The van der Waals surface area contributed by atoms with Gasteiger partial charge in [0, 0.05) is 0 Å². The third-order valence-corrected chi connectivity index (χ3v) is 12.1. The SMILES string of the molecule is COc1cccc2c1P1(C(C)(C)C)=CC1(C(C)(C)C1=N[C@H](C(C)C)CO1)O2. The lowest BCUT2D eigenvalue weighted by atomic mass is 9.86. The predicted octanol–water partition coefficient (Wildman–Crippen LogP) is 4.52. The zero-order valence-corrected chi connectivity index (χ0v) is 18.7. The van der Waals surface area contributed by atoms with Crippen molar-refractivity contribution in [2.75, 3.05) is 13.7 Å². The van der Waals surface area contributed by atoms with Gasteiger partial charge in [-0.15, -0.1) is 0 Å². The molecule has 0 saturated heterocycles. The lowest BCUT2D eigenvalue weighted by Crippen LogP contribution is -2.46. The van der Waals surface area contributed by atoms with Gasteiger partial charge in [-0.1, -0.05) is 40.7 Å². The van der Waals surface area contributed by atoms with E-state index in [1.165, 1.54) is 5.30 Å². The van der Waals surface area contributed by atoms with Crippen molar-refractivity contribution < 1.29 is 14.2 Å². The summed E-state index contributed by atoms with van der Waals surface area (Å²) in [6.07, 6.45) is 0. The Balaban J connectivity index is 1.85. The molecule has 0 spiro atoms. The summed E-state index contributed by atoms with van der Waals surface area (Å²) in [6.45, 7) is 14.8. The zero-order valence-electron chi connectivity index (χ0n) is 17.8. The molecule has 0 radical (unpaired) electrons. The van der Waals surface area contributed by atoms with Gasteiger partial charge in [-0.2, -0.15) is 0 Å². The summed E-state index contributed by atoms with van der Waals surface area (Å²) in [5.74, 6) is 5.70. The normalized spacial score (nSPS) is 31.4. The van der Waals surface area contributed by atoms with E-state index in [0.29, 0.717) is 12.5 Å². The van der Waals surface area contributed by atoms with Crippen LogP contribution in [0.2, 0.25) is 0 Å². The average Bonchev–Trinajstić information content (AvgIpc) is 2.95. The molecule has 2 unspecified atom stereocenters. The van der Waals surface area contributed by atoms with E-state index >= 15 is 0 Å². The van der Waals surface area contributed by atoms with Crippen LogP contribution in [0.4, 0.5) is 0 Å². The Morgan fingerprint density at radius 1 is 1.22 bits per heavy atom. The van der Waals surface area contributed by atoms with E-state index in [1.54, 1.807) is 7.11 Å². The number of fused-ring (bicyclic) bond motifs is 3. The van der Waals surface area contributed by atoms with E-state index in [2.05, 4.69) is 66.4 Å². The molecule has 3 heterocycles. The first-order valence-corrected chi connectivity index (χ1v) is 11.7. The van der Waals surface area contributed by atoms with Crippen LogP contribution < -0.4 is 14.8 Å². The third kappa shape index (κ3) is 2.20. The maximum Gasteiger partial charge on any atom is 0.194 e. The molecule has 27 heavy (non-hydrogen) atoms.